The fourth-order valence-electron chi connectivity index (χ4n) is 2.62. The van der Waals surface area contributed by atoms with Crippen LogP contribution in [0.2, 0.25) is 0 Å². The van der Waals surface area contributed by atoms with Crippen molar-refractivity contribution in [2.45, 2.75) is 12.5 Å². The molecule has 0 aliphatic heterocycles. The summed E-state index contributed by atoms with van der Waals surface area (Å²) in [6, 6.07) is 13.8. The number of likely N-dealkylation sites (N-methyl/N-ethyl adjacent to an activating group) is 1. The molecule has 0 saturated heterocycles. The van der Waals surface area contributed by atoms with E-state index in [0.717, 1.165) is 11.3 Å². The maximum atomic E-state index is 13.2. The first-order valence-corrected chi connectivity index (χ1v) is 7.81. The molecule has 4 nitrogen and oxygen atoms in total. The fourth-order valence-corrected chi connectivity index (χ4v) is 2.62. The van der Waals surface area contributed by atoms with Gasteiger partial charge in [-0.15, -0.1) is 0 Å². The highest BCUT2D eigenvalue weighted by atomic mass is 19.1. The van der Waals surface area contributed by atoms with Gasteiger partial charge in [0.1, 0.15) is 11.6 Å². The molecular weight excluding hydrogens is 307 g/mol. The number of amides is 1. The van der Waals surface area contributed by atoms with E-state index in [1.807, 2.05) is 43.3 Å². The molecule has 0 saturated carbocycles. The van der Waals surface area contributed by atoms with Crippen molar-refractivity contribution < 1.29 is 13.9 Å². The SMILES string of the molecule is COc1ccccc1C(CNC(=O)Cc1cccc(F)c1)N(C)C. The molecule has 2 aromatic rings. The van der Waals surface area contributed by atoms with Gasteiger partial charge in [0.05, 0.1) is 19.6 Å². The minimum absolute atomic E-state index is 0.0161. The molecule has 0 radical (unpaired) electrons. The predicted molar refractivity (Wildman–Crippen MR) is 92.5 cm³/mol. The van der Waals surface area contributed by atoms with Crippen molar-refractivity contribution in [3.63, 3.8) is 0 Å². The van der Waals surface area contributed by atoms with Crippen LogP contribution in [0.3, 0.4) is 0 Å². The Kier molecular flexibility index (Phi) is 6.32. The van der Waals surface area contributed by atoms with Crippen LogP contribution in [0.15, 0.2) is 48.5 Å². The molecule has 1 atom stereocenters. The van der Waals surface area contributed by atoms with E-state index < -0.39 is 0 Å². The summed E-state index contributed by atoms with van der Waals surface area (Å²) in [7, 11) is 5.54. The van der Waals surface area contributed by atoms with Crippen molar-refractivity contribution >= 4 is 5.91 Å². The summed E-state index contributed by atoms with van der Waals surface area (Å²) in [6.45, 7) is 0.446. The highest BCUT2D eigenvalue weighted by molar-refractivity contribution is 5.78. The highest BCUT2D eigenvalue weighted by Gasteiger charge is 2.19. The number of nitrogens with one attached hydrogen (secondary N) is 1. The van der Waals surface area contributed by atoms with Crippen LogP contribution >= 0.6 is 0 Å². The molecule has 0 aliphatic carbocycles. The maximum Gasteiger partial charge on any atom is 0.224 e. The molecule has 0 bridgehead atoms. The minimum Gasteiger partial charge on any atom is -0.496 e. The second-order valence-corrected chi connectivity index (χ2v) is 5.83. The summed E-state index contributed by atoms with van der Waals surface area (Å²) in [4.78, 5) is 14.2. The third-order valence-electron chi connectivity index (χ3n) is 3.87. The molecule has 1 amide bonds. The molecule has 2 aromatic carbocycles. The number of methoxy groups -OCH3 is 1. The van der Waals surface area contributed by atoms with Crippen molar-refractivity contribution in [2.75, 3.05) is 27.7 Å². The summed E-state index contributed by atoms with van der Waals surface area (Å²) in [5.41, 5.74) is 1.67. The van der Waals surface area contributed by atoms with Crippen molar-refractivity contribution in [3.8, 4) is 5.75 Å². The Morgan fingerprint density at radius 1 is 1.21 bits per heavy atom. The van der Waals surface area contributed by atoms with Gasteiger partial charge in [0.2, 0.25) is 5.91 Å². The van der Waals surface area contributed by atoms with Gasteiger partial charge >= 0.3 is 0 Å². The number of hydrogen-bond donors (Lipinski definition) is 1. The largest absolute Gasteiger partial charge is 0.496 e. The van der Waals surface area contributed by atoms with E-state index in [1.54, 1.807) is 19.2 Å². The first-order chi connectivity index (χ1) is 11.5. The fraction of sp³-hybridized carbons (Fsp3) is 0.316. The second-order valence-electron chi connectivity index (χ2n) is 5.83. The molecule has 1 unspecified atom stereocenters. The monoisotopic (exact) mass is 330 g/mol. The number of halogens is 1. The van der Waals surface area contributed by atoms with E-state index in [4.69, 9.17) is 4.74 Å². The van der Waals surface area contributed by atoms with E-state index in [1.165, 1.54) is 12.1 Å². The van der Waals surface area contributed by atoms with Crippen molar-refractivity contribution in [1.29, 1.82) is 0 Å². The van der Waals surface area contributed by atoms with Gasteiger partial charge in [0, 0.05) is 12.1 Å². The first-order valence-electron chi connectivity index (χ1n) is 7.81. The molecular formula is C19H23FN2O2. The zero-order valence-corrected chi connectivity index (χ0v) is 14.3. The van der Waals surface area contributed by atoms with Gasteiger partial charge in [0.25, 0.3) is 0 Å². The van der Waals surface area contributed by atoms with Crippen LogP contribution in [0.25, 0.3) is 0 Å². The van der Waals surface area contributed by atoms with Crippen LogP contribution in [-0.2, 0) is 11.2 Å². The average Bonchev–Trinajstić information content (AvgIpc) is 2.55. The second kappa shape index (κ2) is 8.45. The van der Waals surface area contributed by atoms with Gasteiger partial charge in [-0.05, 0) is 37.9 Å². The lowest BCUT2D eigenvalue weighted by atomic mass is 10.0. The molecule has 0 heterocycles. The van der Waals surface area contributed by atoms with Crippen molar-refractivity contribution in [3.05, 3.63) is 65.5 Å². The summed E-state index contributed by atoms with van der Waals surface area (Å²) in [6.07, 6.45) is 0.157. The molecule has 2 rings (SSSR count). The number of ether oxygens (including phenoxy) is 1. The molecule has 128 valence electrons. The van der Waals surface area contributed by atoms with E-state index in [0.29, 0.717) is 12.1 Å². The number of carbonyl (C=O) groups excluding carboxylic acids is 1. The summed E-state index contributed by atoms with van der Waals surface area (Å²) in [5, 5.41) is 2.92. The van der Waals surface area contributed by atoms with Crippen LogP contribution in [0.4, 0.5) is 4.39 Å². The maximum absolute atomic E-state index is 13.2. The molecule has 0 fully saturated rings. The Hall–Kier alpha value is -2.40. The van der Waals surface area contributed by atoms with Gasteiger partial charge in [0.15, 0.2) is 0 Å². The Morgan fingerprint density at radius 2 is 1.96 bits per heavy atom. The standard InChI is InChI=1S/C19H23FN2O2/c1-22(2)17(16-9-4-5-10-18(16)24-3)13-21-19(23)12-14-7-6-8-15(20)11-14/h4-11,17H,12-13H2,1-3H3,(H,21,23). The van der Waals surface area contributed by atoms with Crippen LogP contribution in [-0.4, -0.2) is 38.6 Å². The molecule has 0 aromatic heterocycles. The number of rotatable bonds is 7. The van der Waals surface area contributed by atoms with Crippen LogP contribution in [0.5, 0.6) is 5.75 Å². The number of carbonyl (C=O) groups is 1. The summed E-state index contributed by atoms with van der Waals surface area (Å²) < 4.78 is 18.6. The Morgan fingerprint density at radius 3 is 2.62 bits per heavy atom. The molecule has 24 heavy (non-hydrogen) atoms. The Bertz CT molecular complexity index is 689. The Balaban J connectivity index is 2.02. The zero-order valence-electron chi connectivity index (χ0n) is 14.3. The van der Waals surface area contributed by atoms with E-state index in [9.17, 15) is 9.18 Å². The van der Waals surface area contributed by atoms with Crippen LogP contribution < -0.4 is 10.1 Å². The quantitative estimate of drug-likeness (QED) is 0.849. The molecule has 0 spiro atoms. The van der Waals surface area contributed by atoms with E-state index in [2.05, 4.69) is 5.32 Å². The lowest BCUT2D eigenvalue weighted by Crippen LogP contribution is -2.35. The van der Waals surface area contributed by atoms with Gasteiger partial charge < -0.3 is 15.0 Å². The van der Waals surface area contributed by atoms with Gasteiger partial charge in [-0.3, -0.25) is 4.79 Å². The predicted octanol–water partition coefficient (Wildman–Crippen LogP) is 2.80. The van der Waals surface area contributed by atoms with E-state index >= 15 is 0 Å². The molecule has 5 heteroatoms. The van der Waals surface area contributed by atoms with Gasteiger partial charge in [-0.2, -0.15) is 0 Å². The minimum atomic E-state index is -0.333. The summed E-state index contributed by atoms with van der Waals surface area (Å²) >= 11 is 0. The number of hydrogen-bond acceptors (Lipinski definition) is 3. The first kappa shape index (κ1) is 17.9. The topological polar surface area (TPSA) is 41.6 Å². The van der Waals surface area contributed by atoms with Gasteiger partial charge in [-0.25, -0.2) is 4.39 Å². The third-order valence-corrected chi connectivity index (χ3v) is 3.87. The average molecular weight is 330 g/mol. The van der Waals surface area contributed by atoms with Gasteiger partial charge in [-0.1, -0.05) is 30.3 Å². The van der Waals surface area contributed by atoms with Crippen molar-refractivity contribution in [2.24, 2.45) is 0 Å². The molecule has 1 N–H and O–H groups in total. The summed E-state index contributed by atoms with van der Waals surface area (Å²) in [5.74, 6) is 0.318. The highest BCUT2D eigenvalue weighted by Crippen LogP contribution is 2.27. The van der Waals surface area contributed by atoms with Crippen molar-refractivity contribution in [1.82, 2.24) is 10.2 Å². The Labute approximate surface area is 142 Å². The normalized spacial score (nSPS) is 12.0. The zero-order chi connectivity index (χ0) is 17.5. The van der Waals surface area contributed by atoms with E-state index in [-0.39, 0.29) is 24.2 Å². The number of para-hydroxylation sites is 1. The number of nitrogens with zero attached hydrogens (tertiary/aromatic N) is 1. The lowest BCUT2D eigenvalue weighted by Gasteiger charge is -2.26. The van der Waals surface area contributed by atoms with Crippen LogP contribution in [0.1, 0.15) is 17.2 Å². The van der Waals surface area contributed by atoms with Crippen LogP contribution in [0, 0.1) is 5.82 Å². The smallest absolute Gasteiger partial charge is 0.224 e. The molecule has 0 aliphatic rings. The lowest BCUT2D eigenvalue weighted by molar-refractivity contribution is -0.120. The third kappa shape index (κ3) is 4.80. The number of benzene rings is 2.